The van der Waals surface area contributed by atoms with E-state index in [0.717, 1.165) is 31.0 Å². The summed E-state index contributed by atoms with van der Waals surface area (Å²) in [6.45, 7) is 6.01. The van der Waals surface area contributed by atoms with Gasteiger partial charge in [0, 0.05) is 19.5 Å². The molecular weight excluding hydrogens is 202 g/mol. The number of hydrogen-bond donors (Lipinski definition) is 1. The summed E-state index contributed by atoms with van der Waals surface area (Å²) < 4.78 is 11.5. The number of para-hydroxylation sites is 2. The number of nitrogens with one attached hydrogen (secondary N) is 1. The molecule has 1 unspecified atom stereocenters. The molecule has 3 nitrogen and oxygen atoms in total. The van der Waals surface area contributed by atoms with Crippen molar-refractivity contribution in [2.45, 2.75) is 12.5 Å². The molecule has 0 amide bonds. The van der Waals surface area contributed by atoms with E-state index in [2.05, 4.69) is 11.9 Å². The van der Waals surface area contributed by atoms with Crippen LogP contribution in [0.4, 0.5) is 0 Å². The van der Waals surface area contributed by atoms with Gasteiger partial charge in [-0.1, -0.05) is 18.2 Å². The smallest absolute Gasteiger partial charge is 0.161 e. The monoisotopic (exact) mass is 219 g/mol. The van der Waals surface area contributed by atoms with Gasteiger partial charge in [0.05, 0.1) is 6.61 Å². The summed E-state index contributed by atoms with van der Waals surface area (Å²) in [5.41, 5.74) is 0. The van der Waals surface area contributed by atoms with Gasteiger partial charge in [0.25, 0.3) is 0 Å². The largest absolute Gasteiger partial charge is 0.490 e. The third-order valence-corrected chi connectivity index (χ3v) is 2.50. The molecule has 0 fully saturated rings. The molecule has 86 valence electrons. The minimum absolute atomic E-state index is 0.170. The summed E-state index contributed by atoms with van der Waals surface area (Å²) in [6.07, 6.45) is 2.92. The second-order valence-electron chi connectivity index (χ2n) is 3.77. The van der Waals surface area contributed by atoms with Crippen LogP contribution in [0.2, 0.25) is 0 Å². The van der Waals surface area contributed by atoms with Crippen molar-refractivity contribution in [3.05, 3.63) is 36.9 Å². The van der Waals surface area contributed by atoms with E-state index in [9.17, 15) is 0 Å². The van der Waals surface area contributed by atoms with Crippen LogP contribution in [0.25, 0.3) is 0 Å². The summed E-state index contributed by atoms with van der Waals surface area (Å²) in [5, 5.41) is 3.26. The Balaban J connectivity index is 1.96. The Bertz CT molecular complexity index is 352. The lowest BCUT2D eigenvalue weighted by molar-refractivity contribution is 0.189. The number of fused-ring (bicyclic) bond motifs is 1. The molecule has 1 atom stereocenters. The molecule has 0 aromatic heterocycles. The predicted molar refractivity (Wildman–Crippen MR) is 64.0 cm³/mol. The van der Waals surface area contributed by atoms with Gasteiger partial charge in [0.1, 0.15) is 6.10 Å². The van der Waals surface area contributed by atoms with E-state index in [1.54, 1.807) is 0 Å². The van der Waals surface area contributed by atoms with Crippen molar-refractivity contribution in [2.75, 3.05) is 19.7 Å². The molecule has 1 N–H and O–H groups in total. The first-order valence-electron chi connectivity index (χ1n) is 5.60. The van der Waals surface area contributed by atoms with Gasteiger partial charge in [-0.05, 0) is 12.1 Å². The van der Waals surface area contributed by atoms with E-state index in [0.29, 0.717) is 6.61 Å². The van der Waals surface area contributed by atoms with Crippen LogP contribution in [-0.4, -0.2) is 25.8 Å². The zero-order valence-electron chi connectivity index (χ0n) is 9.32. The zero-order valence-corrected chi connectivity index (χ0v) is 9.32. The molecule has 1 heterocycles. The third-order valence-electron chi connectivity index (χ3n) is 2.50. The second kappa shape index (κ2) is 5.56. The van der Waals surface area contributed by atoms with Gasteiger partial charge in [-0.15, -0.1) is 6.58 Å². The van der Waals surface area contributed by atoms with Gasteiger partial charge in [-0.3, -0.25) is 0 Å². The van der Waals surface area contributed by atoms with Crippen molar-refractivity contribution in [3.63, 3.8) is 0 Å². The summed E-state index contributed by atoms with van der Waals surface area (Å²) >= 11 is 0. The summed E-state index contributed by atoms with van der Waals surface area (Å²) in [7, 11) is 0. The molecule has 0 aliphatic carbocycles. The zero-order chi connectivity index (χ0) is 11.2. The van der Waals surface area contributed by atoms with Crippen molar-refractivity contribution >= 4 is 0 Å². The van der Waals surface area contributed by atoms with Crippen molar-refractivity contribution in [1.29, 1.82) is 0 Å². The van der Waals surface area contributed by atoms with Gasteiger partial charge < -0.3 is 14.8 Å². The lowest BCUT2D eigenvalue weighted by atomic mass is 10.2. The van der Waals surface area contributed by atoms with Crippen molar-refractivity contribution < 1.29 is 9.47 Å². The van der Waals surface area contributed by atoms with Crippen LogP contribution in [0.1, 0.15) is 6.42 Å². The third kappa shape index (κ3) is 2.76. The van der Waals surface area contributed by atoms with Crippen LogP contribution in [-0.2, 0) is 0 Å². The Kier molecular flexibility index (Phi) is 3.83. The minimum Gasteiger partial charge on any atom is -0.490 e. The number of ether oxygens (including phenoxy) is 2. The first-order chi connectivity index (χ1) is 7.90. The molecule has 16 heavy (non-hydrogen) atoms. The Morgan fingerprint density at radius 3 is 3.00 bits per heavy atom. The fourth-order valence-corrected chi connectivity index (χ4v) is 1.70. The molecule has 2 rings (SSSR count). The highest BCUT2D eigenvalue weighted by Gasteiger charge is 2.17. The fourth-order valence-electron chi connectivity index (χ4n) is 1.70. The lowest BCUT2D eigenvalue weighted by Crippen LogP contribution is -2.31. The Labute approximate surface area is 96.1 Å². The highest BCUT2D eigenvalue weighted by molar-refractivity contribution is 5.40. The quantitative estimate of drug-likeness (QED) is 0.620. The van der Waals surface area contributed by atoms with E-state index < -0.39 is 0 Å². The van der Waals surface area contributed by atoms with Crippen molar-refractivity contribution in [1.82, 2.24) is 5.32 Å². The predicted octanol–water partition coefficient (Wildman–Crippen LogP) is 1.99. The molecule has 1 aromatic carbocycles. The molecular formula is C13H17NO2. The molecule has 1 aliphatic rings. The maximum atomic E-state index is 5.88. The van der Waals surface area contributed by atoms with Gasteiger partial charge in [-0.25, -0.2) is 0 Å². The lowest BCUT2D eigenvalue weighted by Gasteiger charge is -2.16. The second-order valence-corrected chi connectivity index (χ2v) is 3.77. The van der Waals surface area contributed by atoms with Crippen LogP contribution in [0.15, 0.2) is 36.9 Å². The van der Waals surface area contributed by atoms with Gasteiger partial charge >= 0.3 is 0 Å². The maximum Gasteiger partial charge on any atom is 0.161 e. The van der Waals surface area contributed by atoms with E-state index >= 15 is 0 Å². The molecule has 0 saturated heterocycles. The van der Waals surface area contributed by atoms with Gasteiger partial charge in [-0.2, -0.15) is 0 Å². The SMILES string of the molecule is C=CCNCC1CCOc2ccccc2O1. The topological polar surface area (TPSA) is 30.5 Å². The van der Waals surface area contributed by atoms with Gasteiger partial charge in [0.2, 0.25) is 0 Å². The Morgan fingerprint density at radius 1 is 1.38 bits per heavy atom. The van der Waals surface area contributed by atoms with Crippen LogP contribution in [0, 0.1) is 0 Å². The maximum absolute atomic E-state index is 5.88. The van der Waals surface area contributed by atoms with E-state index in [4.69, 9.17) is 9.47 Å². The molecule has 0 bridgehead atoms. The first-order valence-corrected chi connectivity index (χ1v) is 5.60. The van der Waals surface area contributed by atoms with Crippen molar-refractivity contribution in [2.24, 2.45) is 0 Å². The normalized spacial score (nSPS) is 18.9. The number of rotatable bonds is 4. The molecule has 1 aliphatic heterocycles. The molecule has 0 spiro atoms. The first kappa shape index (κ1) is 11.0. The van der Waals surface area contributed by atoms with Crippen LogP contribution in [0.5, 0.6) is 11.5 Å². The average molecular weight is 219 g/mol. The average Bonchev–Trinajstić information content (AvgIpc) is 2.51. The summed E-state index contributed by atoms with van der Waals surface area (Å²) in [6, 6.07) is 7.80. The Hall–Kier alpha value is -1.48. The molecule has 0 saturated carbocycles. The van der Waals surface area contributed by atoms with Crippen molar-refractivity contribution in [3.8, 4) is 11.5 Å². The van der Waals surface area contributed by atoms with Crippen LogP contribution < -0.4 is 14.8 Å². The summed E-state index contributed by atoms with van der Waals surface area (Å²) in [4.78, 5) is 0. The van der Waals surface area contributed by atoms with Gasteiger partial charge in [0.15, 0.2) is 11.5 Å². The molecule has 1 aromatic rings. The van der Waals surface area contributed by atoms with E-state index in [1.807, 2.05) is 30.3 Å². The number of hydrogen-bond acceptors (Lipinski definition) is 3. The van der Waals surface area contributed by atoms with E-state index in [-0.39, 0.29) is 6.10 Å². The number of benzene rings is 1. The van der Waals surface area contributed by atoms with E-state index in [1.165, 1.54) is 0 Å². The molecule has 0 radical (unpaired) electrons. The summed E-state index contributed by atoms with van der Waals surface area (Å²) in [5.74, 6) is 1.68. The highest BCUT2D eigenvalue weighted by atomic mass is 16.5. The van der Waals surface area contributed by atoms with Crippen LogP contribution in [0.3, 0.4) is 0 Å². The van der Waals surface area contributed by atoms with Crippen LogP contribution >= 0.6 is 0 Å². The standard InChI is InChI=1S/C13H17NO2/c1-2-8-14-10-11-7-9-15-12-5-3-4-6-13(12)16-11/h2-6,11,14H,1,7-10H2. The molecule has 3 heteroatoms. The minimum atomic E-state index is 0.170. The Morgan fingerprint density at radius 2 is 2.19 bits per heavy atom. The fraction of sp³-hybridized carbons (Fsp3) is 0.385. The highest BCUT2D eigenvalue weighted by Crippen LogP contribution is 2.30.